The number of anilines is 2. The third-order valence-corrected chi connectivity index (χ3v) is 5.14. The van der Waals surface area contributed by atoms with Crippen LogP contribution in [0.4, 0.5) is 11.5 Å². The van der Waals surface area contributed by atoms with E-state index in [1.807, 2.05) is 23.6 Å². The van der Waals surface area contributed by atoms with Crippen LogP contribution in [0.5, 0.6) is 0 Å². The Morgan fingerprint density at radius 1 is 1.32 bits per heavy atom. The molecule has 1 atom stereocenters. The maximum atomic E-state index is 11.6. The normalized spacial score (nSPS) is 11.7. The standard InChI is InChI=1S/C17H14N4O2S2/c1-10(16(22)23-2)25-17-20-14(13-7-8-24-15(13)21-17)19-12-5-3-11(9-18)4-6-12/h3-8,10H,1-2H3,(H,19,20,21). The van der Waals surface area contributed by atoms with Gasteiger partial charge < -0.3 is 10.1 Å². The van der Waals surface area contributed by atoms with E-state index in [4.69, 9.17) is 10.00 Å². The van der Waals surface area contributed by atoms with E-state index in [9.17, 15) is 4.79 Å². The summed E-state index contributed by atoms with van der Waals surface area (Å²) < 4.78 is 4.75. The fourth-order valence-electron chi connectivity index (χ4n) is 2.12. The molecule has 0 fully saturated rings. The molecule has 0 saturated heterocycles. The molecule has 0 spiro atoms. The van der Waals surface area contributed by atoms with Gasteiger partial charge in [0.15, 0.2) is 5.16 Å². The molecule has 126 valence electrons. The summed E-state index contributed by atoms with van der Waals surface area (Å²) in [5, 5.41) is 15.1. The number of nitriles is 1. The molecular formula is C17H14N4O2S2. The van der Waals surface area contributed by atoms with Crippen LogP contribution in [0.15, 0.2) is 40.9 Å². The number of methoxy groups -OCH3 is 1. The van der Waals surface area contributed by atoms with Gasteiger partial charge in [-0.2, -0.15) is 5.26 Å². The summed E-state index contributed by atoms with van der Waals surface area (Å²) in [6, 6.07) is 11.2. The van der Waals surface area contributed by atoms with E-state index >= 15 is 0 Å². The summed E-state index contributed by atoms with van der Waals surface area (Å²) in [5.41, 5.74) is 1.42. The quantitative estimate of drug-likeness (QED) is 0.413. The zero-order chi connectivity index (χ0) is 17.8. The lowest BCUT2D eigenvalue weighted by Crippen LogP contribution is -2.15. The number of carbonyl (C=O) groups is 1. The Kier molecular flexibility index (Phi) is 5.16. The first-order valence-corrected chi connectivity index (χ1v) is 9.13. The number of benzene rings is 1. The number of fused-ring (bicyclic) bond motifs is 1. The predicted molar refractivity (Wildman–Crippen MR) is 99.2 cm³/mol. The SMILES string of the molecule is COC(=O)C(C)Sc1nc(Nc2ccc(C#N)cc2)c2ccsc2n1. The van der Waals surface area contributed by atoms with E-state index in [2.05, 4.69) is 21.4 Å². The molecule has 0 aliphatic heterocycles. The number of aromatic nitrogens is 2. The van der Waals surface area contributed by atoms with Gasteiger partial charge in [0.1, 0.15) is 15.9 Å². The van der Waals surface area contributed by atoms with E-state index in [0.29, 0.717) is 16.5 Å². The Morgan fingerprint density at radius 2 is 2.08 bits per heavy atom. The molecule has 0 saturated carbocycles. The minimum Gasteiger partial charge on any atom is -0.468 e. The number of thiophene rings is 1. The van der Waals surface area contributed by atoms with E-state index in [1.165, 1.54) is 30.2 Å². The van der Waals surface area contributed by atoms with Gasteiger partial charge in [0, 0.05) is 5.69 Å². The highest BCUT2D eigenvalue weighted by Gasteiger charge is 2.18. The van der Waals surface area contributed by atoms with Crippen molar-refractivity contribution in [1.29, 1.82) is 5.26 Å². The Labute approximate surface area is 152 Å². The highest BCUT2D eigenvalue weighted by molar-refractivity contribution is 8.00. The minimum absolute atomic E-state index is 0.318. The number of ether oxygens (including phenoxy) is 1. The van der Waals surface area contributed by atoms with E-state index in [0.717, 1.165) is 15.9 Å². The number of thioether (sulfide) groups is 1. The Hall–Kier alpha value is -2.63. The molecule has 6 nitrogen and oxygen atoms in total. The second-order valence-electron chi connectivity index (χ2n) is 5.09. The van der Waals surface area contributed by atoms with Crippen molar-refractivity contribution < 1.29 is 9.53 Å². The summed E-state index contributed by atoms with van der Waals surface area (Å²) in [6.45, 7) is 1.76. The van der Waals surface area contributed by atoms with Gasteiger partial charge in [0.25, 0.3) is 0 Å². The lowest BCUT2D eigenvalue weighted by Gasteiger charge is -2.11. The van der Waals surface area contributed by atoms with Crippen molar-refractivity contribution in [2.24, 2.45) is 0 Å². The molecular weight excluding hydrogens is 356 g/mol. The van der Waals surface area contributed by atoms with Crippen LogP contribution in [-0.4, -0.2) is 28.3 Å². The summed E-state index contributed by atoms with van der Waals surface area (Å²) in [4.78, 5) is 21.5. The Morgan fingerprint density at radius 3 is 2.76 bits per heavy atom. The summed E-state index contributed by atoms with van der Waals surface area (Å²) in [7, 11) is 1.36. The lowest BCUT2D eigenvalue weighted by molar-refractivity contribution is -0.139. The van der Waals surface area contributed by atoms with Gasteiger partial charge in [-0.25, -0.2) is 9.97 Å². The number of carbonyl (C=O) groups excluding carboxylic acids is 1. The van der Waals surface area contributed by atoms with Gasteiger partial charge in [-0.1, -0.05) is 11.8 Å². The van der Waals surface area contributed by atoms with Crippen LogP contribution in [0.25, 0.3) is 10.2 Å². The molecule has 1 aromatic carbocycles. The number of hydrogen-bond donors (Lipinski definition) is 1. The molecule has 0 bridgehead atoms. The van der Waals surface area contributed by atoms with Crippen LogP contribution in [0.2, 0.25) is 0 Å². The number of esters is 1. The van der Waals surface area contributed by atoms with Crippen molar-refractivity contribution in [1.82, 2.24) is 9.97 Å². The maximum absolute atomic E-state index is 11.6. The number of nitrogens with zero attached hydrogens (tertiary/aromatic N) is 3. The van der Waals surface area contributed by atoms with Gasteiger partial charge in [-0.15, -0.1) is 11.3 Å². The van der Waals surface area contributed by atoms with Crippen LogP contribution in [0.3, 0.4) is 0 Å². The zero-order valence-electron chi connectivity index (χ0n) is 13.5. The second-order valence-corrected chi connectivity index (χ2v) is 7.29. The largest absolute Gasteiger partial charge is 0.468 e. The third-order valence-electron chi connectivity index (χ3n) is 3.40. The molecule has 2 aromatic heterocycles. The Bertz CT molecular complexity index is 947. The Balaban J connectivity index is 1.91. The third kappa shape index (κ3) is 3.90. The van der Waals surface area contributed by atoms with Crippen molar-refractivity contribution >= 4 is 50.8 Å². The lowest BCUT2D eigenvalue weighted by atomic mass is 10.2. The molecule has 0 aliphatic rings. The van der Waals surface area contributed by atoms with Gasteiger partial charge >= 0.3 is 5.97 Å². The molecule has 1 N–H and O–H groups in total. The smallest absolute Gasteiger partial charge is 0.318 e. The van der Waals surface area contributed by atoms with Crippen LogP contribution in [-0.2, 0) is 9.53 Å². The zero-order valence-corrected chi connectivity index (χ0v) is 15.1. The summed E-state index contributed by atoms with van der Waals surface area (Å²) >= 11 is 2.76. The van der Waals surface area contributed by atoms with Crippen molar-refractivity contribution in [3.8, 4) is 6.07 Å². The summed E-state index contributed by atoms with van der Waals surface area (Å²) in [5.74, 6) is 0.344. The first-order valence-electron chi connectivity index (χ1n) is 7.37. The minimum atomic E-state index is -0.398. The number of nitrogens with one attached hydrogen (secondary N) is 1. The van der Waals surface area contributed by atoms with E-state index < -0.39 is 5.25 Å². The fourth-order valence-corrected chi connectivity index (χ4v) is 3.74. The topological polar surface area (TPSA) is 87.9 Å². The monoisotopic (exact) mass is 370 g/mol. The molecule has 0 aliphatic carbocycles. The van der Waals surface area contributed by atoms with E-state index in [-0.39, 0.29) is 5.97 Å². The van der Waals surface area contributed by atoms with Gasteiger partial charge in [-0.3, -0.25) is 4.79 Å². The first kappa shape index (κ1) is 17.2. The van der Waals surface area contributed by atoms with Crippen LogP contribution < -0.4 is 5.32 Å². The van der Waals surface area contributed by atoms with Crippen molar-refractivity contribution in [3.05, 3.63) is 41.3 Å². The van der Waals surface area contributed by atoms with Crippen LogP contribution >= 0.6 is 23.1 Å². The fraction of sp³-hybridized carbons (Fsp3) is 0.176. The average molecular weight is 370 g/mol. The van der Waals surface area contributed by atoms with Gasteiger partial charge in [0.05, 0.1) is 24.1 Å². The van der Waals surface area contributed by atoms with Crippen molar-refractivity contribution in [3.63, 3.8) is 0 Å². The molecule has 8 heteroatoms. The highest BCUT2D eigenvalue weighted by atomic mass is 32.2. The highest BCUT2D eigenvalue weighted by Crippen LogP contribution is 2.31. The molecule has 2 heterocycles. The second kappa shape index (κ2) is 7.51. The summed E-state index contributed by atoms with van der Waals surface area (Å²) in [6.07, 6.45) is 0. The van der Waals surface area contributed by atoms with Crippen LogP contribution in [0, 0.1) is 11.3 Å². The molecule has 25 heavy (non-hydrogen) atoms. The molecule has 3 rings (SSSR count). The van der Waals surface area contributed by atoms with Crippen molar-refractivity contribution in [2.75, 3.05) is 12.4 Å². The number of rotatable bonds is 5. The average Bonchev–Trinajstić information content (AvgIpc) is 3.10. The first-order chi connectivity index (χ1) is 12.1. The van der Waals surface area contributed by atoms with E-state index in [1.54, 1.807) is 19.1 Å². The maximum Gasteiger partial charge on any atom is 0.318 e. The molecule has 1 unspecified atom stereocenters. The van der Waals surface area contributed by atoms with Crippen LogP contribution in [0.1, 0.15) is 12.5 Å². The molecule has 3 aromatic rings. The molecule has 0 amide bonds. The van der Waals surface area contributed by atoms with Gasteiger partial charge in [0.2, 0.25) is 0 Å². The molecule has 0 radical (unpaired) electrons. The van der Waals surface area contributed by atoms with Gasteiger partial charge in [-0.05, 0) is 42.6 Å². The number of hydrogen-bond acceptors (Lipinski definition) is 8. The predicted octanol–water partition coefficient (Wildman–Crippen LogP) is 3.96. The van der Waals surface area contributed by atoms with Crippen molar-refractivity contribution in [2.45, 2.75) is 17.3 Å².